The Morgan fingerprint density at radius 2 is 1.91 bits per heavy atom. The molecule has 0 aromatic heterocycles. The maximum Gasteiger partial charge on any atom is 0.228 e. The Labute approximate surface area is 140 Å². The second-order valence-electron chi connectivity index (χ2n) is 6.52. The minimum Gasteiger partial charge on any atom is -0.384 e. The number of hydrogen-bond donors (Lipinski definition) is 2. The number of unbranched alkanes of at least 4 members (excludes halogenated alkanes) is 2. The Morgan fingerprint density at radius 1 is 1.17 bits per heavy atom. The minimum atomic E-state index is -0.329. The molecule has 1 aromatic carbocycles. The number of hydrogen-bond acceptors (Lipinski definition) is 3. The number of carbonyl (C=O) groups excluding carboxylic acids is 1. The summed E-state index contributed by atoms with van der Waals surface area (Å²) in [5, 5.41) is 6.45. The van der Waals surface area contributed by atoms with Crippen molar-refractivity contribution in [2.24, 2.45) is 5.41 Å². The Hall–Kier alpha value is -1.39. The van der Waals surface area contributed by atoms with Gasteiger partial charge in [0.15, 0.2) is 0 Å². The van der Waals surface area contributed by atoms with Crippen LogP contribution in [0.15, 0.2) is 30.3 Å². The van der Waals surface area contributed by atoms with Crippen LogP contribution in [0, 0.1) is 5.41 Å². The molecule has 1 aromatic rings. The van der Waals surface area contributed by atoms with Gasteiger partial charge in [-0.15, -0.1) is 0 Å². The van der Waals surface area contributed by atoms with E-state index in [1.807, 2.05) is 0 Å². The zero-order chi connectivity index (χ0) is 16.4. The van der Waals surface area contributed by atoms with Crippen molar-refractivity contribution in [1.29, 1.82) is 0 Å². The van der Waals surface area contributed by atoms with Gasteiger partial charge in [-0.2, -0.15) is 0 Å². The summed E-state index contributed by atoms with van der Waals surface area (Å²) in [5.41, 5.74) is 1.06. The first-order valence-electron chi connectivity index (χ1n) is 8.79. The van der Waals surface area contributed by atoms with E-state index in [-0.39, 0.29) is 11.3 Å². The summed E-state index contributed by atoms with van der Waals surface area (Å²) in [6, 6.07) is 10.6. The van der Waals surface area contributed by atoms with Crippen LogP contribution in [-0.4, -0.2) is 39.3 Å². The summed E-state index contributed by atoms with van der Waals surface area (Å²) < 4.78 is 5.31. The lowest BCUT2D eigenvalue weighted by Gasteiger charge is -2.35. The maximum absolute atomic E-state index is 12.5. The van der Waals surface area contributed by atoms with Gasteiger partial charge in [-0.1, -0.05) is 36.8 Å². The lowest BCUT2D eigenvalue weighted by Crippen LogP contribution is -2.50. The summed E-state index contributed by atoms with van der Waals surface area (Å²) in [7, 11) is 1.68. The fourth-order valence-electron chi connectivity index (χ4n) is 3.28. The van der Waals surface area contributed by atoms with E-state index in [1.54, 1.807) is 7.11 Å². The van der Waals surface area contributed by atoms with E-state index in [4.69, 9.17) is 4.74 Å². The van der Waals surface area contributed by atoms with Crippen molar-refractivity contribution in [2.45, 2.75) is 38.5 Å². The minimum absolute atomic E-state index is 0.170. The Bertz CT molecular complexity index is 450. The molecular weight excluding hydrogens is 288 g/mol. The molecule has 1 amide bonds. The van der Waals surface area contributed by atoms with Crippen LogP contribution in [0.4, 0.5) is 0 Å². The number of benzene rings is 1. The highest BCUT2D eigenvalue weighted by Crippen LogP contribution is 2.29. The van der Waals surface area contributed by atoms with Gasteiger partial charge in [-0.25, -0.2) is 0 Å². The predicted octanol–water partition coefficient (Wildman–Crippen LogP) is 2.53. The standard InChI is InChI=1S/C19H30N2O2/c1-23-16-19(11-14-20-15-12-19)18(22)21-13-7-3-6-10-17-8-4-2-5-9-17/h2,4-5,8-9,20H,3,6-7,10-16H2,1H3,(H,21,22). The number of amides is 1. The normalized spacial score (nSPS) is 16.9. The molecule has 1 saturated heterocycles. The Kier molecular flexibility index (Phi) is 7.56. The zero-order valence-corrected chi connectivity index (χ0v) is 14.3. The van der Waals surface area contributed by atoms with Crippen LogP contribution >= 0.6 is 0 Å². The highest BCUT2D eigenvalue weighted by molar-refractivity contribution is 5.82. The van der Waals surface area contributed by atoms with Crippen LogP contribution in [0.2, 0.25) is 0 Å². The average Bonchev–Trinajstić information content (AvgIpc) is 2.60. The molecule has 1 fully saturated rings. The van der Waals surface area contributed by atoms with Gasteiger partial charge in [0.1, 0.15) is 0 Å². The van der Waals surface area contributed by atoms with Gasteiger partial charge in [0.2, 0.25) is 5.91 Å². The van der Waals surface area contributed by atoms with Crippen LogP contribution in [-0.2, 0) is 16.0 Å². The number of carbonyl (C=O) groups is 1. The molecule has 0 unspecified atom stereocenters. The Balaban J connectivity index is 1.63. The molecule has 1 aliphatic rings. The van der Waals surface area contributed by atoms with Crippen LogP contribution in [0.5, 0.6) is 0 Å². The summed E-state index contributed by atoms with van der Waals surface area (Å²) in [5.74, 6) is 0.170. The van der Waals surface area contributed by atoms with E-state index in [2.05, 4.69) is 41.0 Å². The molecule has 0 atom stereocenters. The monoisotopic (exact) mass is 318 g/mol. The highest BCUT2D eigenvalue weighted by atomic mass is 16.5. The SMILES string of the molecule is COCC1(C(=O)NCCCCCc2ccccc2)CCNCC1. The lowest BCUT2D eigenvalue weighted by molar-refractivity contribution is -0.136. The summed E-state index contributed by atoms with van der Waals surface area (Å²) in [4.78, 5) is 12.5. The molecule has 2 N–H and O–H groups in total. The zero-order valence-electron chi connectivity index (χ0n) is 14.3. The summed E-state index contributed by atoms with van der Waals surface area (Å²) >= 11 is 0. The molecule has 1 heterocycles. The number of nitrogens with one attached hydrogen (secondary N) is 2. The van der Waals surface area contributed by atoms with E-state index in [9.17, 15) is 4.79 Å². The molecule has 0 bridgehead atoms. The van der Waals surface area contributed by atoms with Gasteiger partial charge in [0, 0.05) is 13.7 Å². The van der Waals surface area contributed by atoms with Gasteiger partial charge >= 0.3 is 0 Å². The molecule has 1 aliphatic heterocycles. The molecule has 0 saturated carbocycles. The number of rotatable bonds is 9. The van der Waals surface area contributed by atoms with Crippen LogP contribution in [0.25, 0.3) is 0 Å². The summed E-state index contributed by atoms with van der Waals surface area (Å²) in [6.45, 7) is 3.09. The van der Waals surface area contributed by atoms with Crippen molar-refractivity contribution in [3.8, 4) is 0 Å². The molecule has 4 nitrogen and oxygen atoms in total. The fraction of sp³-hybridized carbons (Fsp3) is 0.632. The topological polar surface area (TPSA) is 50.4 Å². The van der Waals surface area contributed by atoms with Gasteiger partial charge in [0.05, 0.1) is 12.0 Å². The maximum atomic E-state index is 12.5. The van der Waals surface area contributed by atoms with E-state index < -0.39 is 0 Å². The molecule has 0 spiro atoms. The van der Waals surface area contributed by atoms with Crippen molar-refractivity contribution in [3.05, 3.63) is 35.9 Å². The molecule has 0 radical (unpaired) electrons. The lowest BCUT2D eigenvalue weighted by atomic mass is 9.78. The second kappa shape index (κ2) is 9.68. The van der Waals surface area contributed by atoms with Gasteiger partial charge in [-0.05, 0) is 50.8 Å². The third-order valence-corrected chi connectivity index (χ3v) is 4.73. The summed E-state index contributed by atoms with van der Waals surface area (Å²) in [6.07, 6.45) is 6.20. The number of piperidine rings is 1. The van der Waals surface area contributed by atoms with Crippen LogP contribution < -0.4 is 10.6 Å². The molecule has 0 aliphatic carbocycles. The fourth-order valence-corrected chi connectivity index (χ4v) is 3.28. The number of aryl methyl sites for hydroxylation is 1. The van der Waals surface area contributed by atoms with Crippen molar-refractivity contribution < 1.29 is 9.53 Å². The van der Waals surface area contributed by atoms with Gasteiger partial charge < -0.3 is 15.4 Å². The second-order valence-corrected chi connectivity index (χ2v) is 6.52. The molecule has 4 heteroatoms. The highest BCUT2D eigenvalue weighted by Gasteiger charge is 2.39. The van der Waals surface area contributed by atoms with Crippen molar-refractivity contribution in [2.75, 3.05) is 33.4 Å². The third kappa shape index (κ3) is 5.63. The molecule has 23 heavy (non-hydrogen) atoms. The Morgan fingerprint density at radius 3 is 2.61 bits per heavy atom. The molecular formula is C19H30N2O2. The number of methoxy groups -OCH3 is 1. The molecule has 128 valence electrons. The van der Waals surface area contributed by atoms with Crippen molar-refractivity contribution in [1.82, 2.24) is 10.6 Å². The van der Waals surface area contributed by atoms with Crippen molar-refractivity contribution in [3.63, 3.8) is 0 Å². The number of ether oxygens (including phenoxy) is 1. The van der Waals surface area contributed by atoms with Gasteiger partial charge in [0.25, 0.3) is 0 Å². The smallest absolute Gasteiger partial charge is 0.228 e. The van der Waals surface area contributed by atoms with Gasteiger partial charge in [-0.3, -0.25) is 4.79 Å². The quantitative estimate of drug-likeness (QED) is 0.688. The van der Waals surface area contributed by atoms with Crippen LogP contribution in [0.1, 0.15) is 37.7 Å². The molecule has 2 rings (SSSR count). The average molecular weight is 318 g/mol. The van der Waals surface area contributed by atoms with E-state index in [0.29, 0.717) is 6.61 Å². The van der Waals surface area contributed by atoms with E-state index >= 15 is 0 Å². The van der Waals surface area contributed by atoms with Crippen molar-refractivity contribution >= 4 is 5.91 Å². The third-order valence-electron chi connectivity index (χ3n) is 4.73. The van der Waals surface area contributed by atoms with E-state index in [1.165, 1.54) is 12.0 Å². The first kappa shape index (κ1) is 18.0. The van der Waals surface area contributed by atoms with E-state index in [0.717, 1.165) is 51.7 Å². The first-order valence-corrected chi connectivity index (χ1v) is 8.79. The predicted molar refractivity (Wildman–Crippen MR) is 93.4 cm³/mol. The van der Waals surface area contributed by atoms with Crippen LogP contribution in [0.3, 0.4) is 0 Å². The largest absolute Gasteiger partial charge is 0.384 e. The first-order chi connectivity index (χ1) is 11.3.